The molecule has 0 aliphatic heterocycles. The van der Waals surface area contributed by atoms with E-state index in [1.807, 2.05) is 0 Å². The van der Waals surface area contributed by atoms with Gasteiger partial charge in [0.25, 0.3) is 0 Å². The number of hydrogen-bond donors (Lipinski definition) is 3. The van der Waals surface area contributed by atoms with E-state index < -0.39 is 29.1 Å². The molecule has 0 saturated carbocycles. The molecule has 0 fully saturated rings. The summed E-state index contributed by atoms with van der Waals surface area (Å²) in [6.45, 7) is 5.40. The van der Waals surface area contributed by atoms with Crippen molar-refractivity contribution in [3.63, 3.8) is 0 Å². The first-order valence-corrected chi connectivity index (χ1v) is 5.78. The average Bonchev–Trinajstić information content (AvgIpc) is 2.29. The van der Waals surface area contributed by atoms with Crippen LogP contribution in [-0.4, -0.2) is 17.9 Å². The van der Waals surface area contributed by atoms with Gasteiger partial charge in [-0.2, -0.15) is 0 Å². The zero-order valence-electron chi connectivity index (χ0n) is 11.6. The minimum atomic E-state index is -0.802. The standard InChI is InChI=1S/C13H18FN3O2.ClH/c1-13(2,3)10(15)12(19)17-9-6-7(11(16)18)4-5-8(9)14;/h4-6,10H,15H2,1-3H3,(H2,16,18)(H,17,19);1H/t10-;/m1./s1. The Kier molecular flexibility index (Phi) is 6.12. The average molecular weight is 304 g/mol. The Balaban J connectivity index is 0.00000361. The molecule has 0 heterocycles. The maximum Gasteiger partial charge on any atom is 0.248 e. The molecule has 5 nitrogen and oxygen atoms in total. The summed E-state index contributed by atoms with van der Waals surface area (Å²) in [5.41, 5.74) is 10.4. The molecule has 0 saturated heterocycles. The summed E-state index contributed by atoms with van der Waals surface area (Å²) in [5.74, 6) is -1.87. The fourth-order valence-electron chi connectivity index (χ4n) is 1.38. The zero-order chi connectivity index (χ0) is 14.8. The molecule has 0 radical (unpaired) electrons. The third-order valence-corrected chi connectivity index (χ3v) is 2.72. The second-order valence-electron chi connectivity index (χ2n) is 5.39. The van der Waals surface area contributed by atoms with Gasteiger partial charge in [0.05, 0.1) is 11.7 Å². The summed E-state index contributed by atoms with van der Waals surface area (Å²) < 4.78 is 13.5. The smallest absolute Gasteiger partial charge is 0.248 e. The molecule has 1 aromatic rings. The first-order valence-electron chi connectivity index (χ1n) is 5.78. The van der Waals surface area contributed by atoms with Gasteiger partial charge in [0.15, 0.2) is 0 Å². The van der Waals surface area contributed by atoms with Crippen LogP contribution in [0.1, 0.15) is 31.1 Å². The lowest BCUT2D eigenvalue weighted by Gasteiger charge is -2.25. The highest BCUT2D eigenvalue weighted by Crippen LogP contribution is 2.21. The summed E-state index contributed by atoms with van der Waals surface area (Å²) in [6.07, 6.45) is 0. The van der Waals surface area contributed by atoms with Crippen molar-refractivity contribution in [2.24, 2.45) is 16.9 Å². The van der Waals surface area contributed by atoms with Crippen LogP contribution in [0.15, 0.2) is 18.2 Å². The Morgan fingerprint density at radius 2 is 1.85 bits per heavy atom. The molecule has 5 N–H and O–H groups in total. The molecule has 1 rings (SSSR count). The van der Waals surface area contributed by atoms with E-state index >= 15 is 0 Å². The zero-order valence-corrected chi connectivity index (χ0v) is 12.4. The van der Waals surface area contributed by atoms with Crippen molar-refractivity contribution in [2.75, 3.05) is 5.32 Å². The molecule has 0 unspecified atom stereocenters. The van der Waals surface area contributed by atoms with Crippen molar-refractivity contribution in [3.8, 4) is 0 Å². The molecule has 0 bridgehead atoms. The van der Waals surface area contributed by atoms with Gasteiger partial charge in [0.2, 0.25) is 11.8 Å². The number of amides is 2. The lowest BCUT2D eigenvalue weighted by molar-refractivity contribution is -0.119. The predicted molar refractivity (Wildman–Crippen MR) is 78.2 cm³/mol. The van der Waals surface area contributed by atoms with Crippen LogP contribution >= 0.6 is 12.4 Å². The molecule has 2 amide bonds. The summed E-state index contributed by atoms with van der Waals surface area (Å²) in [6, 6.07) is 2.70. The van der Waals surface area contributed by atoms with Crippen LogP contribution in [-0.2, 0) is 4.79 Å². The van der Waals surface area contributed by atoms with E-state index in [0.717, 1.165) is 6.07 Å². The van der Waals surface area contributed by atoms with Gasteiger partial charge in [0, 0.05) is 5.56 Å². The monoisotopic (exact) mass is 303 g/mol. The highest BCUT2D eigenvalue weighted by molar-refractivity contribution is 5.98. The van der Waals surface area contributed by atoms with Crippen molar-refractivity contribution < 1.29 is 14.0 Å². The Bertz CT molecular complexity index is 515. The molecule has 0 spiro atoms. The molecular formula is C13H19ClFN3O2. The van der Waals surface area contributed by atoms with Gasteiger partial charge in [-0.05, 0) is 23.6 Å². The second kappa shape index (κ2) is 6.67. The van der Waals surface area contributed by atoms with Crippen molar-refractivity contribution >= 4 is 29.9 Å². The molecule has 1 atom stereocenters. The predicted octanol–water partition coefficient (Wildman–Crippen LogP) is 1.66. The third kappa shape index (κ3) is 4.47. The van der Waals surface area contributed by atoms with Crippen LogP contribution in [0.25, 0.3) is 0 Å². The number of nitrogens with one attached hydrogen (secondary N) is 1. The Morgan fingerprint density at radius 3 is 2.30 bits per heavy atom. The van der Waals surface area contributed by atoms with Gasteiger partial charge >= 0.3 is 0 Å². The van der Waals surface area contributed by atoms with Crippen molar-refractivity contribution in [2.45, 2.75) is 26.8 Å². The fraction of sp³-hybridized carbons (Fsp3) is 0.385. The van der Waals surface area contributed by atoms with Gasteiger partial charge < -0.3 is 16.8 Å². The summed E-state index contributed by atoms with van der Waals surface area (Å²) in [5, 5.41) is 2.37. The Hall–Kier alpha value is -1.66. The first kappa shape index (κ1) is 18.3. The van der Waals surface area contributed by atoms with Crippen molar-refractivity contribution in [1.82, 2.24) is 0 Å². The van der Waals surface area contributed by atoms with Crippen LogP contribution < -0.4 is 16.8 Å². The van der Waals surface area contributed by atoms with E-state index in [2.05, 4.69) is 5.32 Å². The molecule has 112 valence electrons. The number of hydrogen-bond acceptors (Lipinski definition) is 3. The van der Waals surface area contributed by atoms with E-state index in [9.17, 15) is 14.0 Å². The molecular weight excluding hydrogens is 285 g/mol. The first-order chi connectivity index (χ1) is 8.62. The highest BCUT2D eigenvalue weighted by atomic mass is 35.5. The maximum atomic E-state index is 13.5. The third-order valence-electron chi connectivity index (χ3n) is 2.72. The normalized spacial score (nSPS) is 12.2. The maximum absolute atomic E-state index is 13.5. The number of halogens is 2. The van der Waals surface area contributed by atoms with Gasteiger partial charge in [-0.1, -0.05) is 20.8 Å². The lowest BCUT2D eigenvalue weighted by atomic mass is 9.87. The Labute approximate surface area is 123 Å². The lowest BCUT2D eigenvalue weighted by Crippen LogP contribution is -2.45. The number of benzene rings is 1. The van der Waals surface area contributed by atoms with Crippen LogP contribution in [0.2, 0.25) is 0 Å². The molecule has 7 heteroatoms. The van der Waals surface area contributed by atoms with Gasteiger partial charge in [0.1, 0.15) is 5.82 Å². The van der Waals surface area contributed by atoms with Crippen molar-refractivity contribution in [3.05, 3.63) is 29.6 Å². The van der Waals surface area contributed by atoms with Crippen LogP contribution in [0.4, 0.5) is 10.1 Å². The SMILES string of the molecule is CC(C)(C)[C@H](N)C(=O)Nc1cc(C(N)=O)ccc1F.Cl. The summed E-state index contributed by atoms with van der Waals surface area (Å²) >= 11 is 0. The number of nitrogens with two attached hydrogens (primary N) is 2. The van der Waals surface area contributed by atoms with E-state index in [1.54, 1.807) is 20.8 Å². The topological polar surface area (TPSA) is 98.2 Å². The number of rotatable bonds is 3. The van der Waals surface area contributed by atoms with Crippen LogP contribution in [0, 0.1) is 11.2 Å². The van der Waals surface area contributed by atoms with Crippen LogP contribution in [0.5, 0.6) is 0 Å². The second-order valence-corrected chi connectivity index (χ2v) is 5.39. The number of primary amides is 1. The molecule has 0 aliphatic rings. The molecule has 20 heavy (non-hydrogen) atoms. The van der Waals surface area contributed by atoms with E-state index in [1.165, 1.54) is 12.1 Å². The van der Waals surface area contributed by atoms with E-state index in [-0.39, 0.29) is 23.7 Å². The molecule has 0 aromatic heterocycles. The molecule has 0 aliphatic carbocycles. The Morgan fingerprint density at radius 1 is 1.30 bits per heavy atom. The number of carbonyl (C=O) groups is 2. The van der Waals surface area contributed by atoms with Crippen molar-refractivity contribution in [1.29, 1.82) is 0 Å². The van der Waals surface area contributed by atoms with E-state index in [0.29, 0.717) is 0 Å². The highest BCUT2D eigenvalue weighted by Gasteiger charge is 2.28. The largest absolute Gasteiger partial charge is 0.366 e. The number of carbonyl (C=O) groups excluding carboxylic acids is 2. The van der Waals surface area contributed by atoms with Crippen LogP contribution in [0.3, 0.4) is 0 Å². The number of anilines is 1. The van der Waals surface area contributed by atoms with Gasteiger partial charge in [-0.25, -0.2) is 4.39 Å². The molecule has 1 aromatic carbocycles. The minimum Gasteiger partial charge on any atom is -0.366 e. The minimum absolute atomic E-state index is 0. The van der Waals surface area contributed by atoms with E-state index in [4.69, 9.17) is 11.5 Å². The quantitative estimate of drug-likeness (QED) is 0.792. The summed E-state index contributed by atoms with van der Waals surface area (Å²) in [7, 11) is 0. The van der Waals surface area contributed by atoms with Gasteiger partial charge in [-0.3, -0.25) is 9.59 Å². The van der Waals surface area contributed by atoms with Gasteiger partial charge in [-0.15, -0.1) is 12.4 Å². The fourth-order valence-corrected chi connectivity index (χ4v) is 1.38. The summed E-state index contributed by atoms with van der Waals surface area (Å²) in [4.78, 5) is 22.9.